The highest BCUT2D eigenvalue weighted by molar-refractivity contribution is 9.09. The van der Waals surface area contributed by atoms with E-state index in [1.54, 1.807) is 22.7 Å². The lowest BCUT2D eigenvalue weighted by atomic mass is 10.1. The number of nitrogens with zero attached hydrogens (tertiary/aromatic N) is 2. The Morgan fingerprint density at radius 3 is 2.54 bits per heavy atom. The van der Waals surface area contributed by atoms with E-state index in [4.69, 9.17) is 11.6 Å². The zero-order valence-electron chi connectivity index (χ0n) is 15.2. The molecule has 0 N–H and O–H groups in total. The molecule has 0 radical (unpaired) electrons. The number of halogens is 3. The molecule has 0 saturated heterocycles. The van der Waals surface area contributed by atoms with Crippen molar-refractivity contribution >= 4 is 76.4 Å². The van der Waals surface area contributed by atoms with E-state index < -0.39 is 0 Å². The maximum absolute atomic E-state index is 5.86. The summed E-state index contributed by atoms with van der Waals surface area (Å²) >= 11 is 16.2. The lowest BCUT2D eigenvalue weighted by Crippen LogP contribution is -1.91. The Morgan fingerprint density at radius 2 is 1.86 bits per heavy atom. The molecule has 0 aliphatic carbocycles. The molecule has 0 bridgehead atoms. The zero-order chi connectivity index (χ0) is 19.9. The molecular formula is C21H19Br2ClN2S2. The summed E-state index contributed by atoms with van der Waals surface area (Å²) in [5.41, 5.74) is 3.57. The minimum Gasteiger partial charge on any atom is -0.245 e. The first kappa shape index (κ1) is 21.9. The van der Waals surface area contributed by atoms with Crippen LogP contribution < -0.4 is 0 Å². The summed E-state index contributed by atoms with van der Waals surface area (Å²) in [6.45, 7) is 2.07. The highest BCUT2D eigenvalue weighted by Gasteiger charge is 2.08. The van der Waals surface area contributed by atoms with Crippen molar-refractivity contribution in [2.24, 2.45) is 0 Å². The second-order valence-corrected chi connectivity index (χ2v) is 10.5. The summed E-state index contributed by atoms with van der Waals surface area (Å²) in [6, 6.07) is 16.3. The van der Waals surface area contributed by atoms with E-state index in [1.807, 2.05) is 18.2 Å². The highest BCUT2D eigenvalue weighted by Crippen LogP contribution is 2.31. The van der Waals surface area contributed by atoms with E-state index in [-0.39, 0.29) is 0 Å². The third kappa shape index (κ3) is 6.36. The molecule has 4 rings (SSSR count). The summed E-state index contributed by atoms with van der Waals surface area (Å²) in [6.07, 6.45) is 2.11. The molecule has 7 heteroatoms. The van der Waals surface area contributed by atoms with Crippen molar-refractivity contribution in [3.63, 3.8) is 0 Å². The van der Waals surface area contributed by atoms with Gasteiger partial charge in [-0.1, -0.05) is 73.8 Å². The molecule has 0 aliphatic heterocycles. The molecule has 2 heterocycles. The first-order valence-corrected chi connectivity index (χ1v) is 12.9. The van der Waals surface area contributed by atoms with E-state index >= 15 is 0 Å². The maximum Gasteiger partial charge on any atom is 0.107 e. The standard InChI is InChI=1S/C12H12BrNS.C9H7BrClNS/c13-8-12-14-11(9-15-12)7-6-10-4-2-1-3-5-10;1-5(10)9-12-7-4-6(11)2-3-8(7)13-9/h1-5,9H,6-8H2;2-5H,1H3. The van der Waals surface area contributed by atoms with Gasteiger partial charge in [-0.25, -0.2) is 9.97 Å². The number of aryl methyl sites for hydroxylation is 2. The van der Waals surface area contributed by atoms with Crippen molar-refractivity contribution in [2.45, 2.75) is 29.9 Å². The minimum atomic E-state index is 0.309. The average molecular weight is 559 g/mol. The van der Waals surface area contributed by atoms with Gasteiger partial charge in [0.15, 0.2) is 0 Å². The van der Waals surface area contributed by atoms with Gasteiger partial charge in [0.1, 0.15) is 10.0 Å². The van der Waals surface area contributed by atoms with E-state index in [0.29, 0.717) is 4.83 Å². The lowest BCUT2D eigenvalue weighted by Gasteiger charge is -1.97. The Balaban J connectivity index is 0.000000162. The fourth-order valence-electron chi connectivity index (χ4n) is 2.53. The number of hydrogen-bond acceptors (Lipinski definition) is 4. The largest absolute Gasteiger partial charge is 0.245 e. The van der Waals surface area contributed by atoms with Crippen LogP contribution in [0.15, 0.2) is 53.9 Å². The minimum absolute atomic E-state index is 0.309. The SMILES string of the molecule is BrCc1nc(CCc2ccccc2)cs1.CC(Br)c1nc2cc(Cl)ccc2s1. The van der Waals surface area contributed by atoms with Crippen molar-refractivity contribution in [2.75, 3.05) is 0 Å². The molecule has 28 heavy (non-hydrogen) atoms. The quantitative estimate of drug-likeness (QED) is 0.231. The van der Waals surface area contributed by atoms with Crippen molar-refractivity contribution in [1.82, 2.24) is 9.97 Å². The second kappa shape index (κ2) is 10.8. The van der Waals surface area contributed by atoms with E-state index in [2.05, 4.69) is 84.5 Å². The van der Waals surface area contributed by atoms with E-state index in [0.717, 1.165) is 38.7 Å². The van der Waals surface area contributed by atoms with Gasteiger partial charge >= 0.3 is 0 Å². The summed E-state index contributed by atoms with van der Waals surface area (Å²) < 4.78 is 1.19. The van der Waals surface area contributed by atoms with Gasteiger partial charge in [0.05, 0.1) is 26.1 Å². The molecule has 0 spiro atoms. The fourth-order valence-corrected chi connectivity index (χ4v) is 5.15. The van der Waals surface area contributed by atoms with Crippen LogP contribution in [0.4, 0.5) is 0 Å². The Labute approximate surface area is 195 Å². The number of benzene rings is 2. The Bertz CT molecular complexity index is 1020. The molecule has 1 atom stereocenters. The maximum atomic E-state index is 5.86. The summed E-state index contributed by atoms with van der Waals surface area (Å²) in [5, 5.41) is 6.02. The van der Waals surface area contributed by atoms with Gasteiger partial charge in [0, 0.05) is 10.4 Å². The summed E-state index contributed by atoms with van der Waals surface area (Å²) in [5.74, 6) is 0. The van der Waals surface area contributed by atoms with Crippen LogP contribution in [0.5, 0.6) is 0 Å². The van der Waals surface area contributed by atoms with E-state index in [9.17, 15) is 0 Å². The number of fused-ring (bicyclic) bond motifs is 1. The Kier molecular flexibility index (Phi) is 8.48. The monoisotopic (exact) mass is 556 g/mol. The van der Waals surface area contributed by atoms with Crippen LogP contribution in [0.3, 0.4) is 0 Å². The summed E-state index contributed by atoms with van der Waals surface area (Å²) in [4.78, 5) is 9.28. The summed E-state index contributed by atoms with van der Waals surface area (Å²) in [7, 11) is 0. The molecule has 1 unspecified atom stereocenters. The average Bonchev–Trinajstić information content (AvgIpc) is 3.34. The highest BCUT2D eigenvalue weighted by atomic mass is 79.9. The van der Waals surface area contributed by atoms with Gasteiger partial charge in [-0.05, 0) is 43.5 Å². The molecule has 0 fully saturated rings. The van der Waals surface area contributed by atoms with Gasteiger partial charge < -0.3 is 0 Å². The molecular weight excluding hydrogens is 540 g/mol. The first-order chi connectivity index (χ1) is 13.5. The van der Waals surface area contributed by atoms with Crippen LogP contribution in [0, 0.1) is 0 Å². The number of rotatable bonds is 5. The van der Waals surface area contributed by atoms with Gasteiger partial charge in [0.2, 0.25) is 0 Å². The fraction of sp³-hybridized carbons (Fsp3) is 0.238. The van der Waals surface area contributed by atoms with Gasteiger partial charge in [0.25, 0.3) is 0 Å². The van der Waals surface area contributed by atoms with Crippen LogP contribution in [0.25, 0.3) is 10.2 Å². The van der Waals surface area contributed by atoms with Gasteiger partial charge in [-0.3, -0.25) is 0 Å². The van der Waals surface area contributed by atoms with Crippen LogP contribution >= 0.6 is 66.1 Å². The number of hydrogen-bond donors (Lipinski definition) is 0. The Hall–Kier alpha value is -0.790. The normalized spacial score (nSPS) is 11.9. The number of alkyl halides is 2. The number of thiazole rings is 2. The van der Waals surface area contributed by atoms with E-state index in [1.165, 1.54) is 16.0 Å². The first-order valence-electron chi connectivity index (χ1n) is 8.78. The molecule has 0 saturated carbocycles. The van der Waals surface area contributed by atoms with Crippen molar-refractivity contribution in [1.29, 1.82) is 0 Å². The smallest absolute Gasteiger partial charge is 0.107 e. The van der Waals surface area contributed by atoms with Crippen LogP contribution in [0.2, 0.25) is 5.02 Å². The molecule has 4 aromatic rings. The van der Waals surface area contributed by atoms with Crippen LogP contribution in [-0.4, -0.2) is 9.97 Å². The van der Waals surface area contributed by atoms with Gasteiger partial charge in [-0.2, -0.15) is 0 Å². The number of aromatic nitrogens is 2. The predicted octanol–water partition coefficient (Wildman–Crippen LogP) is 8.23. The molecule has 0 amide bonds. The molecule has 2 aromatic carbocycles. The van der Waals surface area contributed by atoms with Gasteiger partial charge in [-0.15, -0.1) is 22.7 Å². The van der Waals surface area contributed by atoms with Crippen molar-refractivity contribution in [3.05, 3.63) is 80.2 Å². The second-order valence-electron chi connectivity index (χ2n) is 6.13. The zero-order valence-corrected chi connectivity index (χ0v) is 20.8. The van der Waals surface area contributed by atoms with Crippen molar-refractivity contribution in [3.8, 4) is 0 Å². The van der Waals surface area contributed by atoms with Crippen LogP contribution in [0.1, 0.15) is 33.0 Å². The Morgan fingerprint density at radius 1 is 1.07 bits per heavy atom. The lowest BCUT2D eigenvalue weighted by molar-refractivity contribution is 0.919. The molecule has 0 aliphatic rings. The van der Waals surface area contributed by atoms with Crippen LogP contribution in [-0.2, 0) is 18.2 Å². The van der Waals surface area contributed by atoms with Crippen molar-refractivity contribution < 1.29 is 0 Å². The molecule has 2 nitrogen and oxygen atoms in total. The topological polar surface area (TPSA) is 25.8 Å². The third-order valence-electron chi connectivity index (χ3n) is 3.93. The molecule has 146 valence electrons. The predicted molar refractivity (Wildman–Crippen MR) is 131 cm³/mol. The molecule has 2 aromatic heterocycles. The third-order valence-corrected chi connectivity index (χ3v) is 7.92.